The maximum Gasteiger partial charge on any atom is 0.342 e. The van der Waals surface area contributed by atoms with Crippen molar-refractivity contribution in [2.24, 2.45) is 5.73 Å². The van der Waals surface area contributed by atoms with Gasteiger partial charge in [-0.05, 0) is 12.1 Å². The number of primary amides is 1. The first-order valence-electron chi connectivity index (χ1n) is 6.07. The number of carboxylic acids is 1. The van der Waals surface area contributed by atoms with E-state index in [1.54, 1.807) is 4.90 Å². The number of hydrogen-bond acceptors (Lipinski definition) is 6. The second-order valence-electron chi connectivity index (χ2n) is 4.45. The summed E-state index contributed by atoms with van der Waals surface area (Å²) in [5, 5.41) is 19.9. The number of anilines is 1. The van der Waals surface area contributed by atoms with Crippen LogP contribution in [0.3, 0.4) is 0 Å². The number of hydrogen-bond donors (Lipinski definition) is 2. The van der Waals surface area contributed by atoms with Crippen LogP contribution in [-0.4, -0.2) is 47.7 Å². The Balaban J connectivity index is 2.43. The lowest BCUT2D eigenvalue weighted by Crippen LogP contribution is -2.52. The molecule has 2 rings (SSSR count). The summed E-state index contributed by atoms with van der Waals surface area (Å²) in [5.41, 5.74) is 4.72. The van der Waals surface area contributed by atoms with Crippen LogP contribution in [0.4, 0.5) is 11.4 Å². The molecule has 0 bridgehead atoms. The van der Waals surface area contributed by atoms with Gasteiger partial charge in [0.15, 0.2) is 0 Å². The fourth-order valence-electron chi connectivity index (χ4n) is 2.18. The summed E-state index contributed by atoms with van der Waals surface area (Å²) in [6.07, 6.45) is 0. The second-order valence-corrected chi connectivity index (χ2v) is 4.45. The lowest BCUT2D eigenvalue weighted by molar-refractivity contribution is -0.385. The van der Waals surface area contributed by atoms with Gasteiger partial charge in [-0.15, -0.1) is 0 Å². The number of carbonyl (C=O) groups is 2. The Hall–Kier alpha value is -2.68. The summed E-state index contributed by atoms with van der Waals surface area (Å²) >= 11 is 0. The quantitative estimate of drug-likeness (QED) is 0.588. The molecule has 1 heterocycles. The third-order valence-corrected chi connectivity index (χ3v) is 3.20. The first kappa shape index (κ1) is 14.7. The molecule has 1 unspecified atom stereocenters. The third kappa shape index (κ3) is 2.92. The summed E-state index contributed by atoms with van der Waals surface area (Å²) in [7, 11) is 0. The van der Waals surface area contributed by atoms with E-state index in [4.69, 9.17) is 15.6 Å². The average molecular weight is 295 g/mol. The molecule has 1 aliphatic rings. The van der Waals surface area contributed by atoms with Crippen molar-refractivity contribution >= 4 is 23.3 Å². The standard InChI is InChI=1S/C12H13N3O6/c13-11(16)10-6-21-4-3-14(10)7-1-2-9(15(19)20)8(5-7)12(17)18/h1-2,5,10H,3-4,6H2,(H2,13,16)(H,17,18). The van der Waals surface area contributed by atoms with Gasteiger partial charge in [0.2, 0.25) is 5.91 Å². The van der Waals surface area contributed by atoms with E-state index >= 15 is 0 Å². The van der Waals surface area contributed by atoms with Gasteiger partial charge in [0.05, 0.1) is 18.1 Å². The van der Waals surface area contributed by atoms with E-state index in [0.717, 1.165) is 6.07 Å². The van der Waals surface area contributed by atoms with Crippen LogP contribution in [0.2, 0.25) is 0 Å². The van der Waals surface area contributed by atoms with Crippen LogP contribution >= 0.6 is 0 Å². The van der Waals surface area contributed by atoms with E-state index < -0.39 is 34.1 Å². The Labute approximate surface area is 119 Å². The fourth-order valence-corrected chi connectivity index (χ4v) is 2.18. The molecule has 0 radical (unpaired) electrons. The van der Waals surface area contributed by atoms with Crippen molar-refractivity contribution in [3.8, 4) is 0 Å². The van der Waals surface area contributed by atoms with Crippen LogP contribution in [0.15, 0.2) is 18.2 Å². The molecule has 1 aromatic rings. The summed E-state index contributed by atoms with van der Waals surface area (Å²) < 4.78 is 5.17. The van der Waals surface area contributed by atoms with Gasteiger partial charge in [0, 0.05) is 18.3 Å². The number of aromatic carboxylic acids is 1. The summed E-state index contributed by atoms with van der Waals surface area (Å²) in [6.45, 7) is 0.780. The molecule has 0 aromatic heterocycles. The molecule has 0 aliphatic carbocycles. The predicted octanol–water partition coefficient (Wildman–Crippen LogP) is -0.0165. The highest BCUT2D eigenvalue weighted by atomic mass is 16.6. The molecular formula is C12H13N3O6. The SMILES string of the molecule is NC(=O)C1COCCN1c1ccc([N+](=O)[O-])c(C(=O)O)c1. The van der Waals surface area contributed by atoms with Gasteiger partial charge in [-0.1, -0.05) is 0 Å². The summed E-state index contributed by atoms with van der Waals surface area (Å²) in [4.78, 5) is 34.2. The first-order chi connectivity index (χ1) is 9.91. The van der Waals surface area contributed by atoms with Crippen molar-refractivity contribution in [1.82, 2.24) is 0 Å². The molecule has 1 aliphatic heterocycles. The van der Waals surface area contributed by atoms with E-state index in [1.165, 1.54) is 12.1 Å². The normalized spacial score (nSPS) is 18.3. The van der Waals surface area contributed by atoms with Crippen LogP contribution in [0.25, 0.3) is 0 Å². The lowest BCUT2D eigenvalue weighted by atomic mass is 10.1. The van der Waals surface area contributed by atoms with Crippen LogP contribution in [0, 0.1) is 10.1 Å². The number of ether oxygens (including phenoxy) is 1. The minimum Gasteiger partial charge on any atom is -0.477 e. The van der Waals surface area contributed by atoms with E-state index in [0.29, 0.717) is 18.8 Å². The number of carbonyl (C=O) groups excluding carboxylic acids is 1. The van der Waals surface area contributed by atoms with Gasteiger partial charge < -0.3 is 20.5 Å². The maximum atomic E-state index is 11.4. The van der Waals surface area contributed by atoms with Crippen molar-refractivity contribution in [2.75, 3.05) is 24.7 Å². The lowest BCUT2D eigenvalue weighted by Gasteiger charge is -2.35. The predicted molar refractivity (Wildman–Crippen MR) is 71.2 cm³/mol. The smallest absolute Gasteiger partial charge is 0.342 e. The van der Waals surface area contributed by atoms with Crippen molar-refractivity contribution in [1.29, 1.82) is 0 Å². The zero-order chi connectivity index (χ0) is 15.6. The zero-order valence-corrected chi connectivity index (χ0v) is 10.9. The van der Waals surface area contributed by atoms with Crippen LogP contribution in [-0.2, 0) is 9.53 Å². The zero-order valence-electron chi connectivity index (χ0n) is 10.9. The van der Waals surface area contributed by atoms with Crippen molar-refractivity contribution in [2.45, 2.75) is 6.04 Å². The number of rotatable bonds is 4. The Morgan fingerprint density at radius 1 is 1.48 bits per heavy atom. The molecule has 9 heteroatoms. The van der Waals surface area contributed by atoms with Crippen molar-refractivity contribution in [3.05, 3.63) is 33.9 Å². The molecule has 9 nitrogen and oxygen atoms in total. The highest BCUT2D eigenvalue weighted by molar-refractivity contribution is 5.94. The van der Waals surface area contributed by atoms with E-state index in [1.807, 2.05) is 0 Å². The molecule has 21 heavy (non-hydrogen) atoms. The number of morpholine rings is 1. The van der Waals surface area contributed by atoms with Crippen LogP contribution in [0.1, 0.15) is 10.4 Å². The molecule has 1 fully saturated rings. The van der Waals surface area contributed by atoms with Gasteiger partial charge in [-0.3, -0.25) is 14.9 Å². The molecule has 1 saturated heterocycles. The average Bonchev–Trinajstić information content (AvgIpc) is 2.46. The maximum absolute atomic E-state index is 11.4. The molecule has 1 atom stereocenters. The topological polar surface area (TPSA) is 136 Å². The van der Waals surface area contributed by atoms with E-state index in [9.17, 15) is 19.7 Å². The number of benzene rings is 1. The molecule has 1 amide bonds. The van der Waals surface area contributed by atoms with E-state index in [-0.39, 0.29) is 6.61 Å². The van der Waals surface area contributed by atoms with Gasteiger partial charge in [0.25, 0.3) is 5.69 Å². The molecule has 0 spiro atoms. The van der Waals surface area contributed by atoms with E-state index in [2.05, 4.69) is 0 Å². The van der Waals surface area contributed by atoms with Crippen molar-refractivity contribution < 1.29 is 24.4 Å². The number of nitro groups is 1. The van der Waals surface area contributed by atoms with Gasteiger partial charge >= 0.3 is 5.97 Å². The van der Waals surface area contributed by atoms with Gasteiger partial charge in [-0.2, -0.15) is 0 Å². The Morgan fingerprint density at radius 2 is 2.19 bits per heavy atom. The number of amides is 1. The largest absolute Gasteiger partial charge is 0.477 e. The highest BCUT2D eigenvalue weighted by Crippen LogP contribution is 2.27. The molecular weight excluding hydrogens is 282 g/mol. The summed E-state index contributed by atoms with van der Waals surface area (Å²) in [5.74, 6) is -2.02. The molecule has 112 valence electrons. The Morgan fingerprint density at radius 3 is 2.76 bits per heavy atom. The monoisotopic (exact) mass is 295 g/mol. The second kappa shape index (κ2) is 5.75. The number of nitrogens with two attached hydrogens (primary N) is 1. The van der Waals surface area contributed by atoms with Crippen LogP contribution in [0.5, 0.6) is 0 Å². The highest BCUT2D eigenvalue weighted by Gasteiger charge is 2.30. The Bertz CT molecular complexity index is 603. The minimum absolute atomic E-state index is 0.0920. The van der Waals surface area contributed by atoms with Crippen LogP contribution < -0.4 is 10.6 Å². The molecule has 3 N–H and O–H groups in total. The number of carboxylic acid groups (broad SMARTS) is 1. The minimum atomic E-state index is -1.41. The van der Waals surface area contributed by atoms with Gasteiger partial charge in [0.1, 0.15) is 11.6 Å². The first-order valence-corrected chi connectivity index (χ1v) is 6.07. The molecule has 0 saturated carbocycles. The third-order valence-electron chi connectivity index (χ3n) is 3.20. The van der Waals surface area contributed by atoms with Crippen molar-refractivity contribution in [3.63, 3.8) is 0 Å². The molecule has 1 aromatic carbocycles. The number of nitro benzene ring substituents is 1. The van der Waals surface area contributed by atoms with Gasteiger partial charge in [-0.25, -0.2) is 4.79 Å². The number of nitrogens with zero attached hydrogens (tertiary/aromatic N) is 2. The Kier molecular flexibility index (Phi) is 4.03. The summed E-state index contributed by atoms with van der Waals surface area (Å²) in [6, 6.07) is 2.93. The fraction of sp³-hybridized carbons (Fsp3) is 0.333.